The van der Waals surface area contributed by atoms with Gasteiger partial charge in [0, 0.05) is 11.3 Å². The van der Waals surface area contributed by atoms with Crippen molar-refractivity contribution in [1.29, 1.82) is 0 Å². The van der Waals surface area contributed by atoms with Crippen LogP contribution in [0.1, 0.15) is 10.4 Å². The molecule has 0 saturated carbocycles. The van der Waals surface area contributed by atoms with Crippen molar-refractivity contribution in [2.24, 2.45) is 0 Å². The predicted molar refractivity (Wildman–Crippen MR) is 86.1 cm³/mol. The number of carbonyl (C=O) groups is 1. The molecule has 132 valence electrons. The van der Waals surface area contributed by atoms with E-state index >= 15 is 0 Å². The number of benzene rings is 3. The molecule has 1 amide bonds. The number of para-hydroxylation sites is 1. The molecule has 0 saturated heterocycles. The first-order chi connectivity index (χ1) is 12.4. The van der Waals surface area contributed by atoms with Crippen molar-refractivity contribution in [3.63, 3.8) is 0 Å². The Hall–Kier alpha value is -3.22. The van der Waals surface area contributed by atoms with Crippen molar-refractivity contribution in [1.82, 2.24) is 0 Å². The molecule has 0 heterocycles. The van der Waals surface area contributed by atoms with E-state index in [1.165, 1.54) is 6.07 Å². The fourth-order valence-electron chi connectivity index (χ4n) is 2.45. The maximum absolute atomic E-state index is 13.8. The monoisotopic (exact) mass is 363 g/mol. The summed E-state index contributed by atoms with van der Waals surface area (Å²) in [5.41, 5.74) is -0.164. The van der Waals surface area contributed by atoms with Crippen molar-refractivity contribution in [3.8, 4) is 11.1 Å². The Morgan fingerprint density at radius 1 is 0.654 bits per heavy atom. The molecule has 1 N–H and O–H groups in total. The molecule has 3 rings (SSSR count). The highest BCUT2D eigenvalue weighted by Crippen LogP contribution is 2.29. The molecule has 3 aromatic rings. The van der Waals surface area contributed by atoms with E-state index in [-0.39, 0.29) is 5.69 Å². The van der Waals surface area contributed by atoms with Gasteiger partial charge in [0.15, 0.2) is 23.3 Å². The average Bonchev–Trinajstić information content (AvgIpc) is 2.66. The van der Waals surface area contributed by atoms with Crippen molar-refractivity contribution < 1.29 is 26.7 Å². The van der Waals surface area contributed by atoms with Crippen LogP contribution in [0.2, 0.25) is 0 Å². The Bertz CT molecular complexity index is 960. The van der Waals surface area contributed by atoms with Gasteiger partial charge in [0.05, 0.1) is 0 Å². The van der Waals surface area contributed by atoms with Crippen molar-refractivity contribution in [3.05, 3.63) is 89.2 Å². The highest BCUT2D eigenvalue weighted by atomic mass is 19.2. The van der Waals surface area contributed by atoms with Crippen LogP contribution in [-0.2, 0) is 0 Å². The smallest absolute Gasteiger partial charge is 0.261 e. The third kappa shape index (κ3) is 3.03. The van der Waals surface area contributed by atoms with Gasteiger partial charge in [0.25, 0.3) is 5.91 Å². The van der Waals surface area contributed by atoms with Gasteiger partial charge in [-0.25, -0.2) is 22.0 Å². The van der Waals surface area contributed by atoms with Crippen molar-refractivity contribution >= 4 is 11.6 Å². The number of anilines is 1. The second-order valence-electron chi connectivity index (χ2n) is 5.31. The minimum Gasteiger partial charge on any atom is -0.321 e. The molecule has 2 nitrogen and oxygen atoms in total. The summed E-state index contributed by atoms with van der Waals surface area (Å²) in [6, 6.07) is 15.1. The lowest BCUT2D eigenvalue weighted by atomic mass is 10.0. The van der Waals surface area contributed by atoms with E-state index < -0.39 is 40.6 Å². The number of rotatable bonds is 3. The van der Waals surface area contributed by atoms with Crippen LogP contribution in [0.3, 0.4) is 0 Å². The van der Waals surface area contributed by atoms with E-state index in [0.717, 1.165) is 0 Å². The Labute approximate surface area is 144 Å². The fourth-order valence-corrected chi connectivity index (χ4v) is 2.45. The van der Waals surface area contributed by atoms with Crippen LogP contribution in [0.5, 0.6) is 0 Å². The third-order valence-corrected chi connectivity index (χ3v) is 3.70. The standard InChI is InChI=1S/C19H10F5NO/c20-14-13(15(21)17(23)18(24)16(14)22)19(26)25-12-9-5-4-8-11(12)10-6-2-1-3-7-10/h1-9H,(H,25,26). The highest BCUT2D eigenvalue weighted by Gasteiger charge is 2.30. The molecular formula is C19H10F5NO. The van der Waals surface area contributed by atoms with Crippen LogP contribution in [0.15, 0.2) is 54.6 Å². The molecule has 0 bridgehead atoms. The summed E-state index contributed by atoms with van der Waals surface area (Å²) in [4.78, 5) is 12.2. The van der Waals surface area contributed by atoms with Crippen LogP contribution >= 0.6 is 0 Å². The van der Waals surface area contributed by atoms with Gasteiger partial charge in [-0.05, 0) is 11.6 Å². The van der Waals surface area contributed by atoms with Crippen LogP contribution in [0.25, 0.3) is 11.1 Å². The second-order valence-corrected chi connectivity index (χ2v) is 5.31. The molecule has 0 atom stereocenters. The van der Waals surface area contributed by atoms with E-state index in [4.69, 9.17) is 0 Å². The van der Waals surface area contributed by atoms with E-state index in [1.54, 1.807) is 48.5 Å². The van der Waals surface area contributed by atoms with Gasteiger partial charge in [0.1, 0.15) is 5.56 Å². The molecular weight excluding hydrogens is 353 g/mol. The van der Waals surface area contributed by atoms with Gasteiger partial charge < -0.3 is 5.32 Å². The zero-order valence-corrected chi connectivity index (χ0v) is 13.0. The number of carbonyl (C=O) groups excluding carboxylic acids is 1. The number of amides is 1. The topological polar surface area (TPSA) is 29.1 Å². The van der Waals surface area contributed by atoms with Crippen LogP contribution in [-0.4, -0.2) is 5.91 Å². The molecule has 0 radical (unpaired) electrons. The number of nitrogens with one attached hydrogen (secondary N) is 1. The first-order valence-corrected chi connectivity index (χ1v) is 7.39. The lowest BCUT2D eigenvalue weighted by molar-refractivity contribution is 0.101. The lowest BCUT2D eigenvalue weighted by Gasteiger charge is -2.13. The molecule has 7 heteroatoms. The first-order valence-electron chi connectivity index (χ1n) is 7.39. The Kier molecular flexibility index (Phi) is 4.71. The third-order valence-electron chi connectivity index (χ3n) is 3.70. The predicted octanol–water partition coefficient (Wildman–Crippen LogP) is 5.30. The Balaban J connectivity index is 2.04. The van der Waals surface area contributed by atoms with Gasteiger partial charge in [-0.15, -0.1) is 0 Å². The number of hydrogen-bond acceptors (Lipinski definition) is 1. The summed E-state index contributed by atoms with van der Waals surface area (Å²) < 4.78 is 67.3. The van der Waals surface area contributed by atoms with Crippen molar-refractivity contribution in [2.45, 2.75) is 0 Å². The number of hydrogen-bond donors (Lipinski definition) is 1. The van der Waals surface area contributed by atoms with Gasteiger partial charge in [0.2, 0.25) is 5.82 Å². The lowest BCUT2D eigenvalue weighted by Crippen LogP contribution is -2.19. The van der Waals surface area contributed by atoms with Crippen molar-refractivity contribution in [2.75, 3.05) is 5.32 Å². The van der Waals surface area contributed by atoms with Gasteiger partial charge in [-0.2, -0.15) is 0 Å². The summed E-state index contributed by atoms with van der Waals surface area (Å²) in [5.74, 6) is -12.5. The molecule has 26 heavy (non-hydrogen) atoms. The first kappa shape index (κ1) is 17.6. The van der Waals surface area contributed by atoms with E-state index in [2.05, 4.69) is 5.32 Å². The van der Waals surface area contributed by atoms with E-state index in [9.17, 15) is 26.7 Å². The second kappa shape index (κ2) is 6.95. The van der Waals surface area contributed by atoms with Crippen LogP contribution < -0.4 is 5.32 Å². The normalized spacial score (nSPS) is 10.7. The minimum atomic E-state index is -2.32. The SMILES string of the molecule is O=C(Nc1ccccc1-c1ccccc1)c1c(F)c(F)c(F)c(F)c1F. The summed E-state index contributed by atoms with van der Waals surface area (Å²) in [5, 5.41) is 2.21. The molecule has 0 aliphatic rings. The largest absolute Gasteiger partial charge is 0.321 e. The fraction of sp³-hybridized carbons (Fsp3) is 0. The molecule has 0 unspecified atom stereocenters. The summed E-state index contributed by atoms with van der Waals surface area (Å²) >= 11 is 0. The molecule has 0 aliphatic carbocycles. The quantitative estimate of drug-likeness (QED) is 0.382. The molecule has 0 spiro atoms. The summed E-state index contributed by atoms with van der Waals surface area (Å²) in [6.45, 7) is 0. The maximum Gasteiger partial charge on any atom is 0.261 e. The van der Waals surface area contributed by atoms with E-state index in [0.29, 0.717) is 11.1 Å². The minimum absolute atomic E-state index is 0.160. The molecule has 0 aliphatic heterocycles. The van der Waals surface area contributed by atoms with Gasteiger partial charge in [-0.1, -0.05) is 48.5 Å². The summed E-state index contributed by atoms with van der Waals surface area (Å²) in [6.07, 6.45) is 0. The zero-order valence-electron chi connectivity index (χ0n) is 13.0. The zero-order chi connectivity index (χ0) is 18.8. The van der Waals surface area contributed by atoms with E-state index in [1.807, 2.05) is 0 Å². The highest BCUT2D eigenvalue weighted by molar-refractivity contribution is 6.06. The molecule has 3 aromatic carbocycles. The Morgan fingerprint density at radius 2 is 1.15 bits per heavy atom. The number of halogens is 5. The van der Waals surface area contributed by atoms with Crippen LogP contribution in [0, 0.1) is 29.1 Å². The molecule has 0 fully saturated rings. The van der Waals surface area contributed by atoms with Crippen LogP contribution in [0.4, 0.5) is 27.6 Å². The van der Waals surface area contributed by atoms with Gasteiger partial charge >= 0.3 is 0 Å². The van der Waals surface area contributed by atoms with Gasteiger partial charge in [-0.3, -0.25) is 4.79 Å². The average molecular weight is 363 g/mol. The Morgan fingerprint density at radius 3 is 1.77 bits per heavy atom. The summed E-state index contributed by atoms with van der Waals surface area (Å²) in [7, 11) is 0. The maximum atomic E-state index is 13.8. The molecule has 0 aromatic heterocycles.